The van der Waals surface area contributed by atoms with Crippen molar-refractivity contribution in [3.05, 3.63) is 35.4 Å². The number of nitrogens with zero attached hydrogens (tertiary/aromatic N) is 2. The molecule has 1 aromatic carbocycles. The van der Waals surface area contributed by atoms with Gasteiger partial charge in [0.25, 0.3) is 0 Å². The van der Waals surface area contributed by atoms with Crippen molar-refractivity contribution in [3.8, 4) is 0 Å². The van der Waals surface area contributed by atoms with Crippen LogP contribution < -0.4 is 0 Å². The Balaban J connectivity index is 2.48. The first-order chi connectivity index (χ1) is 12.1. The Labute approximate surface area is 152 Å². The molecular formula is C21H34N2O2. The molecule has 1 rings (SSSR count). The Morgan fingerprint density at radius 1 is 0.840 bits per heavy atom. The Bertz CT molecular complexity index is 533. The van der Waals surface area contributed by atoms with Gasteiger partial charge in [-0.15, -0.1) is 0 Å². The van der Waals surface area contributed by atoms with E-state index in [-0.39, 0.29) is 0 Å². The standard InChI is InChI=1S/C21H34N2O2/c1-4-5-6-7-8-9-10-11-12-20(22-24)21(23-25)19-15-13-18(14-16-19)17(2)3/h13-17,24-25H,4-12H2,1-3H3/b22-20+,23-21-. The molecule has 0 saturated heterocycles. The SMILES string of the molecule is CCCCCCCCCCC(=N\O)/C(=N\O)c1ccc(C(C)C)cc1. The molecule has 0 aliphatic carbocycles. The molecule has 0 atom stereocenters. The smallest absolute Gasteiger partial charge is 0.134 e. The Kier molecular flexibility index (Phi) is 10.6. The average Bonchev–Trinajstić information content (AvgIpc) is 2.63. The number of hydrogen-bond acceptors (Lipinski definition) is 4. The van der Waals surface area contributed by atoms with Crippen molar-refractivity contribution in [1.82, 2.24) is 0 Å². The topological polar surface area (TPSA) is 65.2 Å². The molecule has 0 fully saturated rings. The lowest BCUT2D eigenvalue weighted by Gasteiger charge is -2.10. The Morgan fingerprint density at radius 3 is 1.88 bits per heavy atom. The van der Waals surface area contributed by atoms with Gasteiger partial charge in [0.2, 0.25) is 0 Å². The molecule has 1 aromatic rings. The van der Waals surface area contributed by atoms with Crippen molar-refractivity contribution in [3.63, 3.8) is 0 Å². The lowest BCUT2D eigenvalue weighted by molar-refractivity contribution is 0.313. The van der Waals surface area contributed by atoms with Gasteiger partial charge in [-0.05, 0) is 24.3 Å². The van der Waals surface area contributed by atoms with Crippen LogP contribution >= 0.6 is 0 Å². The first kappa shape index (κ1) is 21.2. The molecule has 0 bridgehead atoms. The molecule has 140 valence electrons. The van der Waals surface area contributed by atoms with Gasteiger partial charge in [-0.25, -0.2) is 0 Å². The van der Waals surface area contributed by atoms with E-state index in [0.29, 0.717) is 23.8 Å². The fourth-order valence-electron chi connectivity index (χ4n) is 2.95. The van der Waals surface area contributed by atoms with Gasteiger partial charge in [0.05, 0.1) is 0 Å². The zero-order chi connectivity index (χ0) is 18.5. The van der Waals surface area contributed by atoms with Crippen molar-refractivity contribution >= 4 is 11.4 Å². The third-order valence-electron chi connectivity index (χ3n) is 4.61. The second kappa shape index (κ2) is 12.5. The van der Waals surface area contributed by atoms with Crippen LogP contribution in [0.15, 0.2) is 34.6 Å². The van der Waals surface area contributed by atoms with Crippen molar-refractivity contribution in [1.29, 1.82) is 0 Å². The monoisotopic (exact) mass is 346 g/mol. The summed E-state index contributed by atoms with van der Waals surface area (Å²) < 4.78 is 0. The van der Waals surface area contributed by atoms with Crippen LogP contribution in [-0.2, 0) is 0 Å². The predicted octanol–water partition coefficient (Wildman–Crippen LogP) is 6.35. The highest BCUT2D eigenvalue weighted by molar-refractivity contribution is 6.48. The summed E-state index contributed by atoms with van der Waals surface area (Å²) in [5.41, 5.74) is 2.82. The zero-order valence-corrected chi connectivity index (χ0v) is 16.0. The highest BCUT2D eigenvalue weighted by atomic mass is 16.4. The van der Waals surface area contributed by atoms with Crippen LogP contribution in [0.1, 0.15) is 95.6 Å². The molecule has 0 unspecified atom stereocenters. The van der Waals surface area contributed by atoms with Gasteiger partial charge in [-0.2, -0.15) is 0 Å². The maximum atomic E-state index is 9.38. The van der Waals surface area contributed by atoms with Crippen molar-refractivity contribution in [2.45, 2.75) is 84.5 Å². The van der Waals surface area contributed by atoms with E-state index in [9.17, 15) is 10.4 Å². The molecule has 0 aromatic heterocycles. The number of benzene rings is 1. The summed E-state index contributed by atoms with van der Waals surface area (Å²) >= 11 is 0. The highest BCUT2D eigenvalue weighted by Gasteiger charge is 2.14. The summed E-state index contributed by atoms with van der Waals surface area (Å²) in [7, 11) is 0. The first-order valence-electron chi connectivity index (χ1n) is 9.67. The van der Waals surface area contributed by atoms with Crippen LogP contribution in [0.25, 0.3) is 0 Å². The van der Waals surface area contributed by atoms with Crippen LogP contribution in [0, 0.1) is 0 Å². The minimum Gasteiger partial charge on any atom is -0.411 e. The molecule has 0 heterocycles. The van der Waals surface area contributed by atoms with E-state index in [1.54, 1.807) is 0 Å². The summed E-state index contributed by atoms with van der Waals surface area (Å²) in [6.07, 6.45) is 10.4. The third-order valence-corrected chi connectivity index (χ3v) is 4.61. The van der Waals surface area contributed by atoms with Gasteiger partial charge in [0, 0.05) is 5.56 Å². The Hall–Kier alpha value is -1.84. The van der Waals surface area contributed by atoms with Crippen LogP contribution in [0.3, 0.4) is 0 Å². The molecule has 0 spiro atoms. The van der Waals surface area contributed by atoms with E-state index >= 15 is 0 Å². The van der Waals surface area contributed by atoms with Gasteiger partial charge in [-0.1, -0.05) is 100 Å². The number of hydrogen-bond donors (Lipinski definition) is 2. The first-order valence-corrected chi connectivity index (χ1v) is 9.67. The van der Waals surface area contributed by atoms with Gasteiger partial charge in [0.15, 0.2) is 0 Å². The van der Waals surface area contributed by atoms with Crippen molar-refractivity contribution in [2.24, 2.45) is 10.3 Å². The van der Waals surface area contributed by atoms with E-state index in [2.05, 4.69) is 31.1 Å². The van der Waals surface area contributed by atoms with Crippen LogP contribution in [0.5, 0.6) is 0 Å². The van der Waals surface area contributed by atoms with Crippen LogP contribution in [0.4, 0.5) is 0 Å². The van der Waals surface area contributed by atoms with Gasteiger partial charge >= 0.3 is 0 Å². The second-order valence-corrected chi connectivity index (χ2v) is 7.00. The summed E-state index contributed by atoms with van der Waals surface area (Å²) in [5, 5.41) is 25.5. The van der Waals surface area contributed by atoms with Crippen LogP contribution in [0.2, 0.25) is 0 Å². The molecule has 0 radical (unpaired) electrons. The fraction of sp³-hybridized carbons (Fsp3) is 0.619. The fourth-order valence-corrected chi connectivity index (χ4v) is 2.95. The number of rotatable bonds is 12. The Morgan fingerprint density at radius 2 is 1.40 bits per heavy atom. The van der Waals surface area contributed by atoms with Crippen molar-refractivity contribution in [2.75, 3.05) is 0 Å². The minimum absolute atomic E-state index is 0.362. The van der Waals surface area contributed by atoms with Crippen molar-refractivity contribution < 1.29 is 10.4 Å². The quantitative estimate of drug-likeness (QED) is 0.200. The normalized spacial score (nSPS) is 12.8. The molecule has 0 amide bonds. The lowest BCUT2D eigenvalue weighted by Crippen LogP contribution is -2.16. The van der Waals surface area contributed by atoms with E-state index in [1.165, 1.54) is 44.1 Å². The van der Waals surface area contributed by atoms with Crippen LogP contribution in [-0.4, -0.2) is 21.8 Å². The highest BCUT2D eigenvalue weighted by Crippen LogP contribution is 2.17. The average molecular weight is 347 g/mol. The van der Waals surface area contributed by atoms with Gasteiger partial charge in [-0.3, -0.25) is 0 Å². The minimum atomic E-state index is 0.362. The summed E-state index contributed by atoms with van der Waals surface area (Å²) in [5.74, 6) is 0.451. The number of unbranched alkanes of at least 4 members (excludes halogenated alkanes) is 7. The number of oxime groups is 2. The molecule has 4 nitrogen and oxygen atoms in total. The summed E-state index contributed by atoms with van der Waals surface area (Å²) in [6, 6.07) is 7.89. The van der Waals surface area contributed by atoms with Gasteiger partial charge in [0.1, 0.15) is 11.4 Å². The molecule has 0 aliphatic rings. The molecule has 25 heavy (non-hydrogen) atoms. The zero-order valence-electron chi connectivity index (χ0n) is 16.0. The van der Waals surface area contributed by atoms with Gasteiger partial charge < -0.3 is 10.4 Å². The van der Waals surface area contributed by atoms with E-state index < -0.39 is 0 Å². The largest absolute Gasteiger partial charge is 0.411 e. The molecule has 4 heteroatoms. The predicted molar refractivity (Wildman–Crippen MR) is 105 cm³/mol. The van der Waals surface area contributed by atoms with E-state index in [1.807, 2.05) is 24.3 Å². The molecule has 2 N–H and O–H groups in total. The molecule has 0 saturated carbocycles. The lowest BCUT2D eigenvalue weighted by atomic mass is 9.97. The summed E-state index contributed by atoms with van der Waals surface area (Å²) in [6.45, 7) is 6.50. The maximum Gasteiger partial charge on any atom is 0.134 e. The summed E-state index contributed by atoms with van der Waals surface area (Å²) in [4.78, 5) is 0. The maximum absolute atomic E-state index is 9.38. The second-order valence-electron chi connectivity index (χ2n) is 7.00. The third kappa shape index (κ3) is 7.72. The van der Waals surface area contributed by atoms with E-state index in [0.717, 1.165) is 18.4 Å². The van der Waals surface area contributed by atoms with E-state index in [4.69, 9.17) is 0 Å². The molecular weight excluding hydrogens is 312 g/mol. The molecule has 0 aliphatic heterocycles.